The molecule has 1 amide bonds. The summed E-state index contributed by atoms with van der Waals surface area (Å²) in [6.07, 6.45) is 1.32. The number of amides is 1. The van der Waals surface area contributed by atoms with Crippen LogP contribution in [0.5, 0.6) is 0 Å². The van der Waals surface area contributed by atoms with E-state index in [2.05, 4.69) is 5.32 Å². The van der Waals surface area contributed by atoms with Crippen molar-refractivity contribution in [1.29, 1.82) is 0 Å². The predicted octanol–water partition coefficient (Wildman–Crippen LogP) is 2.93. The Morgan fingerprint density at radius 3 is 2.68 bits per heavy atom. The molecule has 0 saturated carbocycles. The number of carbonyl (C=O) groups is 1. The average molecular weight is 293 g/mol. The van der Waals surface area contributed by atoms with Gasteiger partial charge in [-0.25, -0.2) is 0 Å². The Bertz CT molecular complexity index is 523. The van der Waals surface area contributed by atoms with Crippen molar-refractivity contribution in [3.8, 4) is 0 Å². The quantitative estimate of drug-likeness (QED) is 0.833. The lowest BCUT2D eigenvalue weighted by Crippen LogP contribution is -2.27. The van der Waals surface area contributed by atoms with E-state index in [0.717, 1.165) is 10.5 Å². The van der Waals surface area contributed by atoms with Crippen molar-refractivity contribution in [2.75, 3.05) is 12.8 Å². The molecule has 19 heavy (non-hydrogen) atoms. The van der Waals surface area contributed by atoms with Gasteiger partial charge in [-0.3, -0.25) is 4.79 Å². The van der Waals surface area contributed by atoms with Crippen molar-refractivity contribution in [3.63, 3.8) is 0 Å². The van der Waals surface area contributed by atoms with Crippen LogP contribution in [0.4, 0.5) is 0 Å². The van der Waals surface area contributed by atoms with Gasteiger partial charge in [0.1, 0.15) is 0 Å². The van der Waals surface area contributed by atoms with Gasteiger partial charge in [-0.05, 0) is 35.4 Å². The van der Waals surface area contributed by atoms with E-state index in [1.807, 2.05) is 35.9 Å². The van der Waals surface area contributed by atoms with E-state index in [1.165, 1.54) is 11.3 Å². The zero-order chi connectivity index (χ0) is 13.7. The minimum atomic E-state index is -0.682. The van der Waals surface area contributed by atoms with Crippen molar-refractivity contribution in [3.05, 3.63) is 52.2 Å². The number of hydrogen-bond acceptors (Lipinski definition) is 4. The standard InChI is InChI=1S/C14H15NO2S2/c1-18-12-4-2-10(3-5-12)13(16)8-15-14(17)11-6-7-19-9-11/h2-7,9,13,16H,8H2,1H3,(H,15,17)/t13-/m0/s1. The number of hydrogen-bond donors (Lipinski definition) is 2. The van der Waals surface area contributed by atoms with Crippen molar-refractivity contribution in [1.82, 2.24) is 5.32 Å². The Labute approximate surface area is 120 Å². The molecule has 3 nitrogen and oxygen atoms in total. The van der Waals surface area contributed by atoms with Crippen LogP contribution in [0.2, 0.25) is 0 Å². The van der Waals surface area contributed by atoms with Crippen LogP contribution in [0.15, 0.2) is 46.0 Å². The molecule has 0 saturated heterocycles. The highest BCUT2D eigenvalue weighted by Crippen LogP contribution is 2.18. The maximum Gasteiger partial charge on any atom is 0.252 e. The Hall–Kier alpha value is -1.30. The van der Waals surface area contributed by atoms with Gasteiger partial charge in [0.2, 0.25) is 0 Å². The van der Waals surface area contributed by atoms with Crippen LogP contribution < -0.4 is 5.32 Å². The monoisotopic (exact) mass is 293 g/mol. The van der Waals surface area contributed by atoms with Crippen LogP contribution >= 0.6 is 23.1 Å². The molecular weight excluding hydrogens is 278 g/mol. The first-order valence-corrected chi connectivity index (χ1v) is 8.00. The number of thiophene rings is 1. The van der Waals surface area contributed by atoms with E-state index in [1.54, 1.807) is 23.2 Å². The number of benzene rings is 1. The van der Waals surface area contributed by atoms with Gasteiger partial charge in [0.15, 0.2) is 0 Å². The molecule has 1 aromatic carbocycles. The van der Waals surface area contributed by atoms with Crippen LogP contribution in [0.3, 0.4) is 0 Å². The lowest BCUT2D eigenvalue weighted by molar-refractivity contribution is 0.0917. The van der Waals surface area contributed by atoms with Crippen LogP contribution in [-0.2, 0) is 0 Å². The highest BCUT2D eigenvalue weighted by atomic mass is 32.2. The van der Waals surface area contributed by atoms with E-state index in [9.17, 15) is 9.90 Å². The maximum absolute atomic E-state index is 11.7. The van der Waals surface area contributed by atoms with Crippen molar-refractivity contribution >= 4 is 29.0 Å². The van der Waals surface area contributed by atoms with Crippen LogP contribution in [-0.4, -0.2) is 23.8 Å². The second-order valence-electron chi connectivity index (χ2n) is 4.01. The second kappa shape index (κ2) is 6.75. The molecule has 2 rings (SSSR count). The van der Waals surface area contributed by atoms with Crippen molar-refractivity contribution in [2.24, 2.45) is 0 Å². The second-order valence-corrected chi connectivity index (χ2v) is 5.67. The number of aliphatic hydroxyl groups is 1. The summed E-state index contributed by atoms with van der Waals surface area (Å²) < 4.78 is 0. The van der Waals surface area contributed by atoms with Gasteiger partial charge in [0, 0.05) is 22.4 Å². The van der Waals surface area contributed by atoms with Gasteiger partial charge in [-0.15, -0.1) is 11.8 Å². The summed E-state index contributed by atoms with van der Waals surface area (Å²) >= 11 is 3.13. The number of thioether (sulfide) groups is 1. The predicted molar refractivity (Wildman–Crippen MR) is 79.8 cm³/mol. The summed E-state index contributed by atoms with van der Waals surface area (Å²) in [5, 5.41) is 16.4. The number of carbonyl (C=O) groups excluding carboxylic acids is 1. The molecule has 1 heterocycles. The molecule has 0 fully saturated rings. The molecular formula is C14H15NO2S2. The summed E-state index contributed by atoms with van der Waals surface area (Å²) in [6.45, 7) is 0.216. The molecule has 1 atom stereocenters. The van der Waals surface area contributed by atoms with Crippen molar-refractivity contribution in [2.45, 2.75) is 11.0 Å². The van der Waals surface area contributed by atoms with Gasteiger partial charge in [-0.2, -0.15) is 11.3 Å². The van der Waals surface area contributed by atoms with E-state index < -0.39 is 6.10 Å². The zero-order valence-corrected chi connectivity index (χ0v) is 12.1. The molecule has 2 aromatic rings. The number of aliphatic hydroxyl groups excluding tert-OH is 1. The molecule has 2 N–H and O–H groups in total. The van der Waals surface area contributed by atoms with E-state index in [-0.39, 0.29) is 12.5 Å². The normalized spacial score (nSPS) is 12.1. The van der Waals surface area contributed by atoms with E-state index in [0.29, 0.717) is 5.56 Å². The summed E-state index contributed by atoms with van der Waals surface area (Å²) in [5.74, 6) is -0.152. The highest BCUT2D eigenvalue weighted by molar-refractivity contribution is 7.98. The highest BCUT2D eigenvalue weighted by Gasteiger charge is 2.10. The summed E-state index contributed by atoms with van der Waals surface area (Å²) in [6, 6.07) is 9.45. The molecule has 0 aliphatic rings. The molecule has 5 heteroatoms. The van der Waals surface area contributed by atoms with Crippen LogP contribution in [0.1, 0.15) is 22.0 Å². The lowest BCUT2D eigenvalue weighted by Gasteiger charge is -2.12. The van der Waals surface area contributed by atoms with Gasteiger partial charge < -0.3 is 10.4 Å². The first kappa shape index (κ1) is 14.1. The Morgan fingerprint density at radius 2 is 2.11 bits per heavy atom. The molecule has 1 aromatic heterocycles. The minimum absolute atomic E-state index is 0.152. The molecule has 0 aliphatic carbocycles. The van der Waals surface area contributed by atoms with E-state index >= 15 is 0 Å². The third-order valence-corrected chi connectivity index (χ3v) is 4.17. The Kier molecular flexibility index (Phi) is 5.01. The lowest BCUT2D eigenvalue weighted by atomic mass is 10.1. The van der Waals surface area contributed by atoms with E-state index in [4.69, 9.17) is 0 Å². The molecule has 0 aliphatic heterocycles. The Balaban J connectivity index is 1.90. The van der Waals surface area contributed by atoms with Gasteiger partial charge in [0.25, 0.3) is 5.91 Å². The fourth-order valence-corrected chi connectivity index (χ4v) is 2.67. The molecule has 0 bridgehead atoms. The minimum Gasteiger partial charge on any atom is -0.387 e. The van der Waals surface area contributed by atoms with Crippen LogP contribution in [0.25, 0.3) is 0 Å². The molecule has 100 valence electrons. The fourth-order valence-electron chi connectivity index (χ4n) is 1.63. The van der Waals surface area contributed by atoms with Gasteiger partial charge in [0.05, 0.1) is 6.10 Å². The zero-order valence-electron chi connectivity index (χ0n) is 10.5. The van der Waals surface area contributed by atoms with Crippen molar-refractivity contribution < 1.29 is 9.90 Å². The molecule has 0 radical (unpaired) electrons. The Morgan fingerprint density at radius 1 is 1.37 bits per heavy atom. The fraction of sp³-hybridized carbons (Fsp3) is 0.214. The first-order valence-electron chi connectivity index (χ1n) is 5.83. The third-order valence-electron chi connectivity index (χ3n) is 2.74. The smallest absolute Gasteiger partial charge is 0.252 e. The maximum atomic E-state index is 11.7. The summed E-state index contributed by atoms with van der Waals surface area (Å²) in [4.78, 5) is 12.9. The summed E-state index contributed by atoms with van der Waals surface area (Å²) in [7, 11) is 0. The summed E-state index contributed by atoms with van der Waals surface area (Å²) in [5.41, 5.74) is 1.44. The number of nitrogens with one attached hydrogen (secondary N) is 1. The number of rotatable bonds is 5. The third kappa shape index (κ3) is 3.83. The topological polar surface area (TPSA) is 49.3 Å². The van der Waals surface area contributed by atoms with Crippen LogP contribution in [0, 0.1) is 0 Å². The first-order chi connectivity index (χ1) is 9.20. The average Bonchev–Trinajstić information content (AvgIpc) is 2.98. The van der Waals surface area contributed by atoms with Gasteiger partial charge >= 0.3 is 0 Å². The molecule has 0 spiro atoms. The largest absolute Gasteiger partial charge is 0.387 e. The molecule has 0 unspecified atom stereocenters. The van der Waals surface area contributed by atoms with Gasteiger partial charge in [-0.1, -0.05) is 12.1 Å². The SMILES string of the molecule is CSc1ccc([C@@H](O)CNC(=O)c2ccsc2)cc1.